The van der Waals surface area contributed by atoms with Gasteiger partial charge >= 0.3 is 0 Å². The number of carbonyl (C=O) groups is 2. The number of nitrogens with one attached hydrogen (secondary N) is 1. The summed E-state index contributed by atoms with van der Waals surface area (Å²) in [6, 6.07) is 11.0. The number of aryl methyl sites for hydroxylation is 2. The summed E-state index contributed by atoms with van der Waals surface area (Å²) >= 11 is 0. The zero-order chi connectivity index (χ0) is 21.1. The summed E-state index contributed by atoms with van der Waals surface area (Å²) < 4.78 is 16.3. The lowest BCUT2D eigenvalue weighted by Gasteiger charge is -2.32. The molecule has 1 saturated heterocycles. The molecule has 7 heteroatoms. The monoisotopic (exact) mass is 410 g/mol. The Labute approximate surface area is 175 Å². The molecule has 4 rings (SSSR count). The second kappa shape index (κ2) is 8.65. The minimum atomic E-state index is -0.142. The number of benzene rings is 2. The Kier molecular flexibility index (Phi) is 5.79. The maximum Gasteiger partial charge on any atom is 0.260 e. The third kappa shape index (κ3) is 4.50. The van der Waals surface area contributed by atoms with Crippen LogP contribution in [0.1, 0.15) is 34.3 Å². The number of fused-ring (bicyclic) bond motifs is 1. The number of carbonyl (C=O) groups excluding carboxylic acids is 2. The Hall–Kier alpha value is -3.22. The molecule has 30 heavy (non-hydrogen) atoms. The average Bonchev–Trinajstić information content (AvgIpc) is 3.23. The van der Waals surface area contributed by atoms with Gasteiger partial charge < -0.3 is 24.4 Å². The van der Waals surface area contributed by atoms with Crippen LogP contribution in [0.4, 0.5) is 0 Å². The van der Waals surface area contributed by atoms with Crippen molar-refractivity contribution in [2.75, 3.05) is 26.5 Å². The highest BCUT2D eigenvalue weighted by molar-refractivity contribution is 5.95. The molecule has 7 nitrogen and oxygen atoms in total. The fourth-order valence-electron chi connectivity index (χ4n) is 3.62. The number of hydrogen-bond donors (Lipinski definition) is 1. The summed E-state index contributed by atoms with van der Waals surface area (Å²) in [5, 5.41) is 3.05. The fourth-order valence-corrected chi connectivity index (χ4v) is 3.62. The zero-order valence-corrected chi connectivity index (χ0v) is 17.3. The van der Waals surface area contributed by atoms with E-state index in [0.717, 1.165) is 5.56 Å². The number of hydrogen-bond acceptors (Lipinski definition) is 5. The Morgan fingerprint density at radius 1 is 1.03 bits per heavy atom. The largest absolute Gasteiger partial charge is 0.484 e. The SMILES string of the molecule is Cc1ccc(OCC(=O)N2CCC(NC(=O)c3ccc4c(c3)OCO4)CC2)cc1C. The third-order valence-electron chi connectivity index (χ3n) is 5.66. The second-order valence-electron chi connectivity index (χ2n) is 7.73. The van der Waals surface area contributed by atoms with Crippen LogP contribution >= 0.6 is 0 Å². The van der Waals surface area contributed by atoms with E-state index >= 15 is 0 Å². The van der Waals surface area contributed by atoms with Gasteiger partial charge in [-0.1, -0.05) is 6.07 Å². The third-order valence-corrected chi connectivity index (χ3v) is 5.66. The number of piperidine rings is 1. The lowest BCUT2D eigenvalue weighted by Crippen LogP contribution is -2.47. The van der Waals surface area contributed by atoms with Crippen molar-refractivity contribution in [1.29, 1.82) is 0 Å². The fraction of sp³-hybridized carbons (Fsp3) is 0.391. The van der Waals surface area contributed by atoms with E-state index in [1.807, 2.05) is 32.0 Å². The van der Waals surface area contributed by atoms with Crippen molar-refractivity contribution in [3.8, 4) is 17.2 Å². The number of amides is 2. The molecule has 158 valence electrons. The van der Waals surface area contributed by atoms with Crippen molar-refractivity contribution in [3.63, 3.8) is 0 Å². The second-order valence-corrected chi connectivity index (χ2v) is 7.73. The van der Waals surface area contributed by atoms with Gasteiger partial charge in [0, 0.05) is 24.7 Å². The van der Waals surface area contributed by atoms with E-state index in [-0.39, 0.29) is 31.3 Å². The quantitative estimate of drug-likeness (QED) is 0.820. The molecule has 2 aromatic rings. The first-order valence-corrected chi connectivity index (χ1v) is 10.2. The molecule has 0 unspecified atom stereocenters. The summed E-state index contributed by atoms with van der Waals surface area (Å²) in [5.74, 6) is 1.77. The number of nitrogens with zero attached hydrogens (tertiary/aromatic N) is 1. The minimum Gasteiger partial charge on any atom is -0.484 e. The number of ether oxygens (including phenoxy) is 3. The van der Waals surface area contributed by atoms with Gasteiger partial charge in [-0.15, -0.1) is 0 Å². The van der Waals surface area contributed by atoms with Gasteiger partial charge in [0.05, 0.1) is 0 Å². The summed E-state index contributed by atoms with van der Waals surface area (Å²) in [4.78, 5) is 26.8. The van der Waals surface area contributed by atoms with Crippen molar-refractivity contribution in [3.05, 3.63) is 53.1 Å². The van der Waals surface area contributed by atoms with Gasteiger partial charge in [0.1, 0.15) is 5.75 Å². The van der Waals surface area contributed by atoms with Crippen molar-refractivity contribution >= 4 is 11.8 Å². The lowest BCUT2D eigenvalue weighted by atomic mass is 10.0. The van der Waals surface area contributed by atoms with Crippen LogP contribution in [0.5, 0.6) is 17.2 Å². The predicted octanol–water partition coefficient (Wildman–Crippen LogP) is 2.83. The zero-order valence-electron chi connectivity index (χ0n) is 17.3. The predicted molar refractivity (Wildman–Crippen MR) is 111 cm³/mol. The molecular formula is C23H26N2O5. The summed E-state index contributed by atoms with van der Waals surface area (Å²) in [7, 11) is 0. The van der Waals surface area contributed by atoms with Gasteiger partial charge in [-0.25, -0.2) is 0 Å². The molecule has 2 heterocycles. The Morgan fingerprint density at radius 3 is 2.57 bits per heavy atom. The Bertz CT molecular complexity index is 951. The van der Waals surface area contributed by atoms with Crippen LogP contribution in [-0.2, 0) is 4.79 Å². The normalized spacial score (nSPS) is 15.7. The van der Waals surface area contributed by atoms with E-state index in [9.17, 15) is 9.59 Å². The summed E-state index contributed by atoms with van der Waals surface area (Å²) in [6.45, 7) is 5.46. The molecule has 2 amide bonds. The highest BCUT2D eigenvalue weighted by Gasteiger charge is 2.25. The van der Waals surface area contributed by atoms with Crippen molar-refractivity contribution in [2.45, 2.75) is 32.7 Å². The molecule has 1 fully saturated rings. The average molecular weight is 410 g/mol. The first-order chi connectivity index (χ1) is 14.5. The van der Waals surface area contributed by atoms with Crippen LogP contribution in [0.2, 0.25) is 0 Å². The minimum absolute atomic E-state index is 0.0245. The summed E-state index contributed by atoms with van der Waals surface area (Å²) in [6.07, 6.45) is 1.43. The van der Waals surface area contributed by atoms with Gasteiger partial charge in [-0.3, -0.25) is 9.59 Å². The maximum absolute atomic E-state index is 12.5. The Morgan fingerprint density at radius 2 is 1.80 bits per heavy atom. The lowest BCUT2D eigenvalue weighted by molar-refractivity contribution is -0.134. The van der Waals surface area contributed by atoms with Crippen molar-refractivity contribution in [2.24, 2.45) is 0 Å². The van der Waals surface area contributed by atoms with E-state index in [2.05, 4.69) is 5.32 Å². The first-order valence-electron chi connectivity index (χ1n) is 10.2. The molecule has 1 N–H and O–H groups in total. The molecule has 0 aromatic heterocycles. The van der Waals surface area contributed by atoms with Crippen molar-refractivity contribution in [1.82, 2.24) is 10.2 Å². The van der Waals surface area contributed by atoms with Crippen LogP contribution in [0.15, 0.2) is 36.4 Å². The van der Waals surface area contributed by atoms with Gasteiger partial charge in [0.2, 0.25) is 6.79 Å². The smallest absolute Gasteiger partial charge is 0.260 e. The maximum atomic E-state index is 12.5. The molecular weight excluding hydrogens is 384 g/mol. The van der Waals surface area contributed by atoms with Crippen LogP contribution < -0.4 is 19.5 Å². The molecule has 2 aromatic carbocycles. The molecule has 0 atom stereocenters. The van der Waals surface area contributed by atoms with Crippen LogP contribution in [-0.4, -0.2) is 49.2 Å². The van der Waals surface area contributed by atoms with Crippen LogP contribution in [0.25, 0.3) is 0 Å². The van der Waals surface area contributed by atoms with Gasteiger partial charge in [0.25, 0.3) is 11.8 Å². The van der Waals surface area contributed by atoms with Gasteiger partial charge in [-0.05, 0) is 68.1 Å². The molecule has 0 aliphatic carbocycles. The van der Waals surface area contributed by atoms with Crippen LogP contribution in [0, 0.1) is 13.8 Å². The van der Waals surface area contributed by atoms with Gasteiger partial charge in [0.15, 0.2) is 18.1 Å². The van der Waals surface area contributed by atoms with Gasteiger partial charge in [-0.2, -0.15) is 0 Å². The molecule has 2 aliphatic heterocycles. The van der Waals surface area contributed by atoms with E-state index in [0.29, 0.717) is 48.7 Å². The summed E-state index contributed by atoms with van der Waals surface area (Å²) in [5.41, 5.74) is 2.87. The van der Waals surface area contributed by atoms with E-state index < -0.39 is 0 Å². The number of likely N-dealkylation sites (tertiary alicyclic amines) is 1. The highest BCUT2D eigenvalue weighted by Crippen LogP contribution is 2.32. The topological polar surface area (TPSA) is 77.1 Å². The molecule has 0 radical (unpaired) electrons. The standard InChI is InChI=1S/C23H26N2O5/c1-15-3-5-19(11-16(15)2)28-13-22(26)25-9-7-18(8-10-25)24-23(27)17-4-6-20-21(12-17)30-14-29-20/h3-6,11-12,18H,7-10,13-14H2,1-2H3,(H,24,27). The van der Waals surface area contributed by atoms with E-state index in [1.165, 1.54) is 5.56 Å². The first kappa shape index (κ1) is 20.1. The molecule has 2 aliphatic rings. The molecule has 0 saturated carbocycles. The van der Waals surface area contributed by atoms with E-state index in [4.69, 9.17) is 14.2 Å². The van der Waals surface area contributed by atoms with Crippen molar-refractivity contribution < 1.29 is 23.8 Å². The van der Waals surface area contributed by atoms with Crippen LogP contribution in [0.3, 0.4) is 0 Å². The molecule has 0 spiro atoms. The Balaban J connectivity index is 1.23. The molecule has 0 bridgehead atoms. The van der Waals surface area contributed by atoms with E-state index in [1.54, 1.807) is 23.1 Å². The number of rotatable bonds is 5. The highest BCUT2D eigenvalue weighted by atomic mass is 16.7.